The van der Waals surface area contributed by atoms with Gasteiger partial charge in [0.2, 0.25) is 5.91 Å². The highest BCUT2D eigenvalue weighted by molar-refractivity contribution is 6.12. The van der Waals surface area contributed by atoms with E-state index >= 15 is 0 Å². The van der Waals surface area contributed by atoms with Crippen LogP contribution < -0.4 is 10.6 Å². The highest BCUT2D eigenvalue weighted by Gasteiger charge is 2.32. The number of halogens is 1. The van der Waals surface area contributed by atoms with Crippen LogP contribution in [0, 0.1) is 12.7 Å². The zero-order valence-electron chi connectivity index (χ0n) is 19.3. The Kier molecular flexibility index (Phi) is 6.10. The lowest BCUT2D eigenvalue weighted by Gasteiger charge is -2.24. The SMILES string of the molecule is Cc1cc(N=CC2C(=O)Nc3cccc(F)c32)ccc1NC1CCN(C(=O)OC(C)(C)C)C1. The van der Waals surface area contributed by atoms with Gasteiger partial charge in [-0.05, 0) is 70.0 Å². The Morgan fingerprint density at radius 3 is 2.82 bits per heavy atom. The number of likely N-dealkylation sites (tertiary alicyclic amines) is 1. The highest BCUT2D eigenvalue weighted by atomic mass is 19.1. The molecule has 0 aliphatic carbocycles. The first-order valence-corrected chi connectivity index (χ1v) is 11.1. The van der Waals surface area contributed by atoms with Gasteiger partial charge in [-0.15, -0.1) is 0 Å². The molecule has 0 aromatic heterocycles. The van der Waals surface area contributed by atoms with Crippen molar-refractivity contribution in [2.45, 2.75) is 51.7 Å². The summed E-state index contributed by atoms with van der Waals surface area (Å²) in [5, 5.41) is 6.19. The van der Waals surface area contributed by atoms with Crippen LogP contribution in [0.1, 0.15) is 44.2 Å². The molecule has 4 rings (SSSR count). The molecule has 0 spiro atoms. The first-order valence-electron chi connectivity index (χ1n) is 11.1. The Morgan fingerprint density at radius 1 is 1.30 bits per heavy atom. The van der Waals surface area contributed by atoms with Crippen LogP contribution in [-0.2, 0) is 9.53 Å². The van der Waals surface area contributed by atoms with Gasteiger partial charge in [0.1, 0.15) is 17.3 Å². The van der Waals surface area contributed by atoms with Gasteiger partial charge in [0.05, 0.1) is 5.69 Å². The van der Waals surface area contributed by atoms with Crippen LogP contribution in [0.5, 0.6) is 0 Å². The molecule has 2 heterocycles. The van der Waals surface area contributed by atoms with Gasteiger partial charge in [0, 0.05) is 42.3 Å². The third-order valence-corrected chi connectivity index (χ3v) is 5.69. The molecular weight excluding hydrogens is 423 g/mol. The number of benzene rings is 2. The number of anilines is 2. The largest absolute Gasteiger partial charge is 0.444 e. The molecule has 174 valence electrons. The molecule has 33 heavy (non-hydrogen) atoms. The van der Waals surface area contributed by atoms with E-state index in [-0.39, 0.29) is 18.0 Å². The van der Waals surface area contributed by atoms with E-state index in [1.54, 1.807) is 17.0 Å². The summed E-state index contributed by atoms with van der Waals surface area (Å²) >= 11 is 0. The molecule has 2 aliphatic heterocycles. The van der Waals surface area contributed by atoms with E-state index < -0.39 is 17.3 Å². The molecule has 2 aliphatic rings. The molecule has 1 saturated heterocycles. The zero-order valence-corrected chi connectivity index (χ0v) is 19.3. The molecule has 0 radical (unpaired) electrons. The highest BCUT2D eigenvalue weighted by Crippen LogP contribution is 2.34. The fourth-order valence-corrected chi connectivity index (χ4v) is 4.09. The minimum Gasteiger partial charge on any atom is -0.444 e. The first kappa shape index (κ1) is 22.8. The summed E-state index contributed by atoms with van der Waals surface area (Å²) in [7, 11) is 0. The quantitative estimate of drug-likeness (QED) is 0.640. The van der Waals surface area contributed by atoms with Crippen molar-refractivity contribution in [3.8, 4) is 0 Å². The molecule has 2 unspecified atom stereocenters. The normalized spacial score (nSPS) is 20.2. The molecule has 2 N–H and O–H groups in total. The van der Waals surface area contributed by atoms with Crippen molar-refractivity contribution in [3.05, 3.63) is 53.3 Å². The van der Waals surface area contributed by atoms with E-state index in [2.05, 4.69) is 15.6 Å². The van der Waals surface area contributed by atoms with E-state index in [1.165, 1.54) is 12.3 Å². The number of carbonyl (C=O) groups excluding carboxylic acids is 2. The van der Waals surface area contributed by atoms with E-state index in [1.807, 2.05) is 45.9 Å². The van der Waals surface area contributed by atoms with E-state index in [0.717, 1.165) is 17.7 Å². The van der Waals surface area contributed by atoms with Crippen molar-refractivity contribution >= 4 is 35.3 Å². The minimum absolute atomic E-state index is 0.132. The number of hydrogen-bond donors (Lipinski definition) is 2. The van der Waals surface area contributed by atoms with Gasteiger partial charge in [-0.3, -0.25) is 9.79 Å². The lowest BCUT2D eigenvalue weighted by molar-refractivity contribution is -0.115. The van der Waals surface area contributed by atoms with Crippen molar-refractivity contribution in [3.63, 3.8) is 0 Å². The molecule has 2 atom stereocenters. The zero-order chi connectivity index (χ0) is 23.8. The summed E-state index contributed by atoms with van der Waals surface area (Å²) < 4.78 is 19.7. The number of nitrogens with one attached hydrogen (secondary N) is 2. The Bertz CT molecular complexity index is 1110. The van der Waals surface area contributed by atoms with Crippen LogP contribution in [-0.4, -0.2) is 47.8 Å². The second kappa shape index (κ2) is 8.84. The average molecular weight is 453 g/mol. The molecular formula is C25H29FN4O3. The Morgan fingerprint density at radius 2 is 2.09 bits per heavy atom. The van der Waals surface area contributed by atoms with E-state index in [0.29, 0.717) is 30.0 Å². The second-order valence-corrected chi connectivity index (χ2v) is 9.50. The lowest BCUT2D eigenvalue weighted by Crippen LogP contribution is -2.36. The first-order chi connectivity index (χ1) is 15.6. The Balaban J connectivity index is 1.40. The maximum absolute atomic E-state index is 14.2. The molecule has 0 saturated carbocycles. The van der Waals surface area contributed by atoms with Gasteiger partial charge in [0.25, 0.3) is 0 Å². The third kappa shape index (κ3) is 5.16. The van der Waals surface area contributed by atoms with Gasteiger partial charge >= 0.3 is 6.09 Å². The molecule has 2 aromatic rings. The number of rotatable bonds is 4. The Labute approximate surface area is 193 Å². The van der Waals surface area contributed by atoms with Crippen molar-refractivity contribution in [1.29, 1.82) is 0 Å². The summed E-state index contributed by atoms with van der Waals surface area (Å²) in [6.45, 7) is 8.78. The number of hydrogen-bond acceptors (Lipinski definition) is 5. The van der Waals surface area contributed by atoms with Crippen molar-refractivity contribution in [2.75, 3.05) is 23.7 Å². The van der Waals surface area contributed by atoms with Crippen molar-refractivity contribution in [1.82, 2.24) is 4.90 Å². The van der Waals surface area contributed by atoms with Crippen molar-refractivity contribution in [2.24, 2.45) is 4.99 Å². The molecule has 2 amide bonds. The predicted octanol–water partition coefficient (Wildman–Crippen LogP) is 4.99. The number of nitrogens with zero attached hydrogens (tertiary/aromatic N) is 2. The fraction of sp³-hybridized carbons (Fsp3) is 0.400. The van der Waals surface area contributed by atoms with Crippen LogP contribution in [0.25, 0.3) is 0 Å². The Hall–Kier alpha value is -3.42. The number of amides is 2. The predicted molar refractivity (Wildman–Crippen MR) is 127 cm³/mol. The summed E-state index contributed by atoms with van der Waals surface area (Å²) in [4.78, 5) is 30.7. The van der Waals surface area contributed by atoms with Crippen LogP contribution in [0.4, 0.5) is 26.2 Å². The minimum atomic E-state index is -0.753. The van der Waals surface area contributed by atoms with Gasteiger partial charge in [-0.1, -0.05) is 6.07 Å². The molecule has 8 heteroatoms. The average Bonchev–Trinajstić information content (AvgIpc) is 3.32. The summed E-state index contributed by atoms with van der Waals surface area (Å²) in [6, 6.07) is 10.4. The molecule has 0 bridgehead atoms. The van der Waals surface area contributed by atoms with Gasteiger partial charge in [-0.25, -0.2) is 9.18 Å². The number of aryl methyl sites for hydroxylation is 1. The number of fused-ring (bicyclic) bond motifs is 1. The van der Waals surface area contributed by atoms with Crippen molar-refractivity contribution < 1.29 is 18.7 Å². The van der Waals surface area contributed by atoms with E-state index in [9.17, 15) is 14.0 Å². The summed E-state index contributed by atoms with van der Waals surface area (Å²) in [5.41, 5.74) is 2.93. The molecule has 7 nitrogen and oxygen atoms in total. The lowest BCUT2D eigenvalue weighted by atomic mass is 10.0. The summed E-state index contributed by atoms with van der Waals surface area (Å²) in [6.07, 6.45) is 2.03. The van der Waals surface area contributed by atoms with Gasteiger partial charge < -0.3 is 20.3 Å². The maximum Gasteiger partial charge on any atom is 0.410 e. The van der Waals surface area contributed by atoms with E-state index in [4.69, 9.17) is 4.74 Å². The third-order valence-electron chi connectivity index (χ3n) is 5.69. The van der Waals surface area contributed by atoms with Crippen LogP contribution in [0.15, 0.2) is 41.4 Å². The van der Waals surface area contributed by atoms with Gasteiger partial charge in [-0.2, -0.15) is 0 Å². The monoisotopic (exact) mass is 452 g/mol. The standard InChI is InChI=1S/C25H29FN4O3/c1-15-12-16(27-13-18-22-19(26)6-5-7-21(22)29-23(18)31)8-9-20(15)28-17-10-11-30(14-17)24(32)33-25(2,3)4/h5-9,12-13,17-18,28H,10-11,14H2,1-4H3,(H,29,31). The van der Waals surface area contributed by atoms with Crippen LogP contribution in [0.3, 0.4) is 0 Å². The molecule has 2 aromatic carbocycles. The van der Waals surface area contributed by atoms with Crippen LogP contribution >= 0.6 is 0 Å². The smallest absolute Gasteiger partial charge is 0.410 e. The maximum atomic E-state index is 14.2. The second-order valence-electron chi connectivity index (χ2n) is 9.50. The number of carbonyl (C=O) groups is 2. The van der Waals surface area contributed by atoms with Gasteiger partial charge in [0.15, 0.2) is 0 Å². The van der Waals surface area contributed by atoms with Crippen LogP contribution in [0.2, 0.25) is 0 Å². The fourth-order valence-electron chi connectivity index (χ4n) is 4.09. The molecule has 1 fully saturated rings. The summed E-state index contributed by atoms with van der Waals surface area (Å²) in [5.74, 6) is -1.46. The number of ether oxygens (including phenoxy) is 1. The number of aliphatic imine (C=N–C) groups is 1. The topological polar surface area (TPSA) is 83.0 Å².